The van der Waals surface area contributed by atoms with E-state index in [1.807, 2.05) is 19.9 Å². The summed E-state index contributed by atoms with van der Waals surface area (Å²) in [6.45, 7) is 3.59. The van der Waals surface area contributed by atoms with Crippen molar-refractivity contribution in [2.45, 2.75) is 45.3 Å². The highest BCUT2D eigenvalue weighted by Gasteiger charge is 2.60. The van der Waals surface area contributed by atoms with E-state index in [0.29, 0.717) is 36.1 Å². The van der Waals surface area contributed by atoms with Gasteiger partial charge in [-0.05, 0) is 60.9 Å². The van der Waals surface area contributed by atoms with Crippen molar-refractivity contribution in [1.82, 2.24) is 9.55 Å². The van der Waals surface area contributed by atoms with E-state index in [-0.39, 0.29) is 17.8 Å². The molecule has 0 aliphatic carbocycles. The maximum Gasteiger partial charge on any atom is 0.458 e. The standard InChI is InChI=1S/C28H22F5N3O2S/c1-3-24-22(35-25(4-2)39-24)16-36-23(14-21(20(15-34)26(36)37)27(29,30)28(31,32)33)17-10-12-19(13-11-17)38-18-8-6-5-7-9-18/h5-14H,3-4,16H2,1-2H3. The lowest BCUT2D eigenvalue weighted by atomic mass is 9.99. The summed E-state index contributed by atoms with van der Waals surface area (Å²) in [6, 6.07) is 16.6. The fraction of sp³-hybridized carbons (Fsp3) is 0.250. The Labute approximate surface area is 224 Å². The number of benzene rings is 2. The number of nitriles is 1. The number of nitrogens with zero attached hydrogens (tertiary/aromatic N) is 3. The third-order valence-electron chi connectivity index (χ3n) is 5.99. The number of aromatic nitrogens is 2. The Balaban J connectivity index is 1.90. The Morgan fingerprint density at radius 1 is 0.974 bits per heavy atom. The second kappa shape index (κ2) is 11.0. The van der Waals surface area contributed by atoms with E-state index in [9.17, 15) is 32.0 Å². The topological polar surface area (TPSA) is 67.9 Å². The molecule has 39 heavy (non-hydrogen) atoms. The Morgan fingerprint density at radius 3 is 2.18 bits per heavy atom. The Bertz CT molecular complexity index is 1570. The number of pyridine rings is 1. The quantitative estimate of drug-likeness (QED) is 0.210. The van der Waals surface area contributed by atoms with Crippen molar-refractivity contribution >= 4 is 11.3 Å². The van der Waals surface area contributed by atoms with Gasteiger partial charge in [-0.15, -0.1) is 11.3 Å². The summed E-state index contributed by atoms with van der Waals surface area (Å²) in [5.41, 5.74) is -3.76. The van der Waals surface area contributed by atoms with Gasteiger partial charge in [-0.2, -0.15) is 27.2 Å². The van der Waals surface area contributed by atoms with Crippen LogP contribution >= 0.6 is 11.3 Å². The lowest BCUT2D eigenvalue weighted by Gasteiger charge is -2.23. The molecule has 2 aromatic heterocycles. The van der Waals surface area contributed by atoms with Gasteiger partial charge >= 0.3 is 12.1 Å². The van der Waals surface area contributed by atoms with Crippen molar-refractivity contribution in [2.24, 2.45) is 0 Å². The van der Waals surface area contributed by atoms with Gasteiger partial charge in [0.2, 0.25) is 0 Å². The molecule has 0 spiro atoms. The number of ether oxygens (including phenoxy) is 1. The highest BCUT2D eigenvalue weighted by molar-refractivity contribution is 7.11. The first-order valence-electron chi connectivity index (χ1n) is 11.9. The Morgan fingerprint density at radius 2 is 1.62 bits per heavy atom. The molecule has 2 heterocycles. The molecule has 0 aliphatic heterocycles. The van der Waals surface area contributed by atoms with Crippen molar-refractivity contribution in [2.75, 3.05) is 0 Å². The van der Waals surface area contributed by atoms with Crippen LogP contribution in [-0.2, 0) is 25.3 Å². The van der Waals surface area contributed by atoms with Gasteiger partial charge in [0, 0.05) is 4.88 Å². The lowest BCUT2D eigenvalue weighted by Crippen LogP contribution is -2.38. The van der Waals surface area contributed by atoms with Gasteiger partial charge in [0.15, 0.2) is 0 Å². The van der Waals surface area contributed by atoms with Crippen LogP contribution in [0, 0.1) is 11.3 Å². The van der Waals surface area contributed by atoms with Crippen LogP contribution in [0.4, 0.5) is 22.0 Å². The molecular formula is C28H22F5N3O2S. The molecule has 0 saturated carbocycles. The molecule has 0 aliphatic rings. The van der Waals surface area contributed by atoms with Gasteiger partial charge in [-0.1, -0.05) is 32.0 Å². The predicted molar refractivity (Wildman–Crippen MR) is 137 cm³/mol. The summed E-state index contributed by atoms with van der Waals surface area (Å²) in [4.78, 5) is 18.7. The minimum absolute atomic E-state index is 0.181. The Kier molecular flexibility index (Phi) is 7.88. The number of halogens is 5. The molecule has 0 N–H and O–H groups in total. The van der Waals surface area contributed by atoms with Gasteiger partial charge in [-0.25, -0.2) is 4.98 Å². The maximum absolute atomic E-state index is 14.6. The van der Waals surface area contributed by atoms with E-state index in [0.717, 1.165) is 14.5 Å². The molecule has 0 atom stereocenters. The lowest BCUT2D eigenvalue weighted by molar-refractivity contribution is -0.289. The highest BCUT2D eigenvalue weighted by atomic mass is 32.1. The Hall–Kier alpha value is -4.04. The van der Waals surface area contributed by atoms with Crippen molar-refractivity contribution in [3.05, 3.63) is 97.7 Å². The molecular weight excluding hydrogens is 537 g/mol. The van der Waals surface area contributed by atoms with Crippen molar-refractivity contribution in [3.63, 3.8) is 0 Å². The number of thiazole rings is 1. The van der Waals surface area contributed by atoms with E-state index in [1.165, 1.54) is 41.7 Å². The fourth-order valence-corrected chi connectivity index (χ4v) is 4.96. The minimum atomic E-state index is -6.01. The number of rotatable bonds is 8. The second-order valence-electron chi connectivity index (χ2n) is 8.52. The van der Waals surface area contributed by atoms with Crippen LogP contribution in [0.1, 0.15) is 40.6 Å². The number of hydrogen-bond donors (Lipinski definition) is 0. The van der Waals surface area contributed by atoms with Gasteiger partial charge in [0.1, 0.15) is 23.1 Å². The molecule has 4 aromatic rings. The molecule has 0 bridgehead atoms. The number of alkyl halides is 5. The number of aryl methyl sites for hydroxylation is 2. The average molecular weight is 560 g/mol. The maximum atomic E-state index is 14.6. The van der Waals surface area contributed by atoms with Crippen molar-refractivity contribution in [3.8, 4) is 28.8 Å². The number of para-hydroxylation sites is 1. The molecule has 2 aromatic carbocycles. The average Bonchev–Trinajstić information content (AvgIpc) is 3.32. The minimum Gasteiger partial charge on any atom is -0.457 e. The zero-order chi connectivity index (χ0) is 28.4. The monoisotopic (exact) mass is 559 g/mol. The third-order valence-corrected chi connectivity index (χ3v) is 7.38. The van der Waals surface area contributed by atoms with Crippen molar-refractivity contribution < 1.29 is 26.7 Å². The molecule has 5 nitrogen and oxygen atoms in total. The number of hydrogen-bond acceptors (Lipinski definition) is 5. The predicted octanol–water partition coefficient (Wildman–Crippen LogP) is 7.46. The van der Waals surface area contributed by atoms with Crippen LogP contribution in [0.5, 0.6) is 11.5 Å². The molecule has 4 rings (SSSR count). The van der Waals surface area contributed by atoms with E-state index in [4.69, 9.17) is 4.74 Å². The zero-order valence-corrected chi connectivity index (χ0v) is 21.7. The van der Waals surface area contributed by atoms with Crippen LogP contribution in [0.15, 0.2) is 65.5 Å². The first-order valence-corrected chi connectivity index (χ1v) is 12.8. The normalized spacial score (nSPS) is 11.8. The zero-order valence-electron chi connectivity index (χ0n) is 20.9. The molecule has 0 radical (unpaired) electrons. The largest absolute Gasteiger partial charge is 0.458 e. The smallest absolute Gasteiger partial charge is 0.457 e. The molecule has 0 unspecified atom stereocenters. The third kappa shape index (κ3) is 5.56. The van der Waals surface area contributed by atoms with Gasteiger partial charge in [0.25, 0.3) is 5.56 Å². The van der Waals surface area contributed by atoms with E-state index in [1.54, 1.807) is 24.3 Å². The van der Waals surface area contributed by atoms with Gasteiger partial charge in [-0.3, -0.25) is 4.79 Å². The van der Waals surface area contributed by atoms with Crippen LogP contribution in [0.2, 0.25) is 0 Å². The molecule has 11 heteroatoms. The summed E-state index contributed by atoms with van der Waals surface area (Å²) < 4.78 is 76.0. The fourth-order valence-electron chi connectivity index (χ4n) is 4.01. The van der Waals surface area contributed by atoms with Crippen LogP contribution in [0.25, 0.3) is 11.3 Å². The van der Waals surface area contributed by atoms with Crippen LogP contribution in [-0.4, -0.2) is 15.7 Å². The first kappa shape index (κ1) is 28.0. The summed E-state index contributed by atoms with van der Waals surface area (Å²) in [7, 11) is 0. The van der Waals surface area contributed by atoms with E-state index in [2.05, 4.69) is 4.98 Å². The summed E-state index contributed by atoms with van der Waals surface area (Å²) in [5, 5.41) is 10.3. The molecule has 0 fully saturated rings. The van der Waals surface area contributed by atoms with Crippen LogP contribution in [0.3, 0.4) is 0 Å². The first-order chi connectivity index (χ1) is 18.5. The van der Waals surface area contributed by atoms with Crippen molar-refractivity contribution in [1.29, 1.82) is 5.26 Å². The SMILES string of the molecule is CCc1nc(Cn2c(-c3ccc(Oc4ccccc4)cc3)cc(C(F)(F)C(F)(F)F)c(C#N)c2=O)c(CC)s1. The molecule has 202 valence electrons. The molecule has 0 amide bonds. The van der Waals surface area contributed by atoms with Crippen LogP contribution < -0.4 is 10.3 Å². The van der Waals surface area contributed by atoms with E-state index >= 15 is 0 Å². The highest BCUT2D eigenvalue weighted by Crippen LogP contribution is 2.45. The van der Waals surface area contributed by atoms with Gasteiger partial charge in [0.05, 0.1) is 28.5 Å². The second-order valence-corrected chi connectivity index (χ2v) is 9.69. The summed E-state index contributed by atoms with van der Waals surface area (Å²) in [5.74, 6) is -4.50. The molecule has 0 saturated heterocycles. The summed E-state index contributed by atoms with van der Waals surface area (Å²) in [6.07, 6.45) is -4.80. The summed E-state index contributed by atoms with van der Waals surface area (Å²) >= 11 is 1.43. The van der Waals surface area contributed by atoms with Gasteiger partial charge < -0.3 is 9.30 Å². The van der Waals surface area contributed by atoms with E-state index < -0.39 is 28.8 Å².